The van der Waals surface area contributed by atoms with E-state index in [4.69, 9.17) is 21.4 Å². The number of carboxylic acid groups (broad SMARTS) is 1. The van der Waals surface area contributed by atoms with Crippen molar-refractivity contribution < 1.29 is 19.4 Å². The van der Waals surface area contributed by atoms with Gasteiger partial charge in [0.1, 0.15) is 5.92 Å². The lowest BCUT2D eigenvalue weighted by Crippen LogP contribution is -2.48. The standard InChI is InChI=1S/C14H17ClN2O4/c1-17(12-8-21-7-10(12)13(18)19)14(20)16-6-9-4-2-3-5-11(9)15/h2-5,10,12H,6-8H2,1H3,(H,16,20)(H,18,19). The zero-order valence-electron chi connectivity index (χ0n) is 11.6. The highest BCUT2D eigenvalue weighted by molar-refractivity contribution is 6.31. The quantitative estimate of drug-likeness (QED) is 0.885. The van der Waals surface area contributed by atoms with Crippen molar-refractivity contribution in [3.05, 3.63) is 34.9 Å². The number of carbonyl (C=O) groups excluding carboxylic acids is 1. The molecule has 21 heavy (non-hydrogen) atoms. The zero-order chi connectivity index (χ0) is 15.4. The van der Waals surface area contributed by atoms with Gasteiger partial charge in [0.05, 0.1) is 19.3 Å². The maximum atomic E-state index is 12.1. The molecule has 0 radical (unpaired) electrons. The summed E-state index contributed by atoms with van der Waals surface area (Å²) in [5.74, 6) is -1.65. The molecule has 114 valence electrons. The molecular weight excluding hydrogens is 296 g/mol. The average molecular weight is 313 g/mol. The number of halogens is 1. The monoisotopic (exact) mass is 312 g/mol. The van der Waals surface area contributed by atoms with Gasteiger partial charge in [-0.1, -0.05) is 29.8 Å². The number of hydrogen-bond donors (Lipinski definition) is 2. The van der Waals surface area contributed by atoms with E-state index in [1.54, 1.807) is 13.1 Å². The minimum Gasteiger partial charge on any atom is -0.481 e. The summed E-state index contributed by atoms with van der Waals surface area (Å²) in [7, 11) is 1.57. The van der Waals surface area contributed by atoms with E-state index in [2.05, 4.69) is 5.32 Å². The number of hydrogen-bond acceptors (Lipinski definition) is 3. The number of nitrogens with zero attached hydrogens (tertiary/aromatic N) is 1. The maximum Gasteiger partial charge on any atom is 0.317 e. The van der Waals surface area contributed by atoms with Gasteiger partial charge in [-0.15, -0.1) is 0 Å². The summed E-state index contributed by atoms with van der Waals surface area (Å²) in [6.07, 6.45) is 0. The summed E-state index contributed by atoms with van der Waals surface area (Å²) in [6.45, 7) is 0.642. The van der Waals surface area contributed by atoms with Gasteiger partial charge in [0.2, 0.25) is 0 Å². The molecule has 1 heterocycles. The predicted octanol–water partition coefficient (Wildman–Crippen LogP) is 1.58. The van der Waals surface area contributed by atoms with Crippen molar-refractivity contribution >= 4 is 23.6 Å². The highest BCUT2D eigenvalue weighted by Gasteiger charge is 2.38. The minimum atomic E-state index is -0.955. The third-order valence-electron chi connectivity index (χ3n) is 3.57. The van der Waals surface area contributed by atoms with Crippen LogP contribution < -0.4 is 5.32 Å². The average Bonchev–Trinajstić information content (AvgIpc) is 2.95. The van der Waals surface area contributed by atoms with Gasteiger partial charge in [0, 0.05) is 18.6 Å². The molecule has 2 unspecified atom stereocenters. The van der Waals surface area contributed by atoms with Gasteiger partial charge in [-0.25, -0.2) is 4.79 Å². The van der Waals surface area contributed by atoms with Crippen LogP contribution in [0.3, 0.4) is 0 Å². The van der Waals surface area contributed by atoms with Gasteiger partial charge in [0.25, 0.3) is 0 Å². The fourth-order valence-electron chi connectivity index (χ4n) is 2.25. The number of ether oxygens (including phenoxy) is 1. The Bertz CT molecular complexity index is 537. The molecule has 7 heteroatoms. The smallest absolute Gasteiger partial charge is 0.317 e. The first kappa shape index (κ1) is 15.6. The van der Waals surface area contributed by atoms with Crippen LogP contribution in [0.1, 0.15) is 5.56 Å². The van der Waals surface area contributed by atoms with Crippen LogP contribution in [0, 0.1) is 5.92 Å². The Morgan fingerprint density at radius 3 is 2.81 bits per heavy atom. The Labute approximate surface area is 127 Å². The summed E-state index contributed by atoms with van der Waals surface area (Å²) in [6, 6.07) is 6.40. The van der Waals surface area contributed by atoms with Crippen LogP contribution >= 0.6 is 11.6 Å². The van der Waals surface area contributed by atoms with Gasteiger partial charge in [-0.05, 0) is 11.6 Å². The molecule has 0 saturated carbocycles. The first-order valence-electron chi connectivity index (χ1n) is 6.55. The van der Waals surface area contributed by atoms with Gasteiger partial charge >= 0.3 is 12.0 Å². The molecule has 1 fully saturated rings. The Kier molecular flexibility index (Phi) is 5.03. The number of nitrogens with one attached hydrogen (secondary N) is 1. The summed E-state index contributed by atoms with van der Waals surface area (Å²) in [5.41, 5.74) is 0.804. The van der Waals surface area contributed by atoms with Gasteiger partial charge < -0.3 is 20.1 Å². The number of carbonyl (C=O) groups is 2. The molecule has 0 spiro atoms. The number of aliphatic carboxylic acids is 1. The number of rotatable bonds is 4. The predicted molar refractivity (Wildman–Crippen MR) is 77.2 cm³/mol. The molecule has 1 aliphatic heterocycles. The maximum absolute atomic E-state index is 12.1. The van der Waals surface area contributed by atoms with Crippen molar-refractivity contribution in [2.24, 2.45) is 5.92 Å². The van der Waals surface area contributed by atoms with E-state index in [-0.39, 0.29) is 25.8 Å². The molecule has 0 bridgehead atoms. The van der Waals surface area contributed by atoms with E-state index in [1.807, 2.05) is 18.2 Å². The van der Waals surface area contributed by atoms with Crippen LogP contribution in [0.25, 0.3) is 0 Å². The van der Waals surface area contributed by atoms with E-state index in [0.29, 0.717) is 5.02 Å². The van der Waals surface area contributed by atoms with Gasteiger partial charge in [0.15, 0.2) is 0 Å². The van der Waals surface area contributed by atoms with Crippen LogP contribution in [-0.2, 0) is 16.1 Å². The van der Waals surface area contributed by atoms with Crippen molar-refractivity contribution in [1.82, 2.24) is 10.2 Å². The molecule has 2 N–H and O–H groups in total. The molecule has 0 aliphatic carbocycles. The summed E-state index contributed by atoms with van der Waals surface area (Å²) < 4.78 is 5.16. The van der Waals surface area contributed by atoms with E-state index in [9.17, 15) is 9.59 Å². The van der Waals surface area contributed by atoms with Crippen LogP contribution in [0.15, 0.2) is 24.3 Å². The second kappa shape index (κ2) is 6.78. The van der Waals surface area contributed by atoms with Gasteiger partial charge in [-0.3, -0.25) is 4.79 Å². The minimum absolute atomic E-state index is 0.127. The van der Waals surface area contributed by atoms with E-state index in [0.717, 1.165) is 5.56 Å². The van der Waals surface area contributed by atoms with E-state index in [1.165, 1.54) is 4.90 Å². The molecule has 1 saturated heterocycles. The van der Waals surface area contributed by atoms with Gasteiger partial charge in [-0.2, -0.15) is 0 Å². The van der Waals surface area contributed by atoms with Crippen molar-refractivity contribution in [2.75, 3.05) is 20.3 Å². The zero-order valence-corrected chi connectivity index (χ0v) is 12.3. The lowest BCUT2D eigenvalue weighted by atomic mass is 10.0. The summed E-state index contributed by atoms with van der Waals surface area (Å²) in [5, 5.41) is 12.4. The van der Waals surface area contributed by atoms with Crippen LogP contribution in [0.5, 0.6) is 0 Å². The molecular formula is C14H17ClN2O4. The van der Waals surface area contributed by atoms with Crippen molar-refractivity contribution in [3.8, 4) is 0 Å². The van der Waals surface area contributed by atoms with Crippen molar-refractivity contribution in [2.45, 2.75) is 12.6 Å². The fraction of sp³-hybridized carbons (Fsp3) is 0.429. The number of urea groups is 1. The second-order valence-electron chi connectivity index (χ2n) is 4.91. The largest absolute Gasteiger partial charge is 0.481 e. The molecule has 0 aromatic heterocycles. The van der Waals surface area contributed by atoms with Crippen molar-refractivity contribution in [3.63, 3.8) is 0 Å². The Morgan fingerprint density at radius 1 is 1.43 bits per heavy atom. The molecule has 2 rings (SSSR count). The highest BCUT2D eigenvalue weighted by Crippen LogP contribution is 2.19. The number of likely N-dealkylation sites (N-methyl/N-ethyl adjacent to an activating group) is 1. The third kappa shape index (κ3) is 3.65. The lowest BCUT2D eigenvalue weighted by molar-refractivity contribution is -0.142. The SMILES string of the molecule is CN(C(=O)NCc1ccccc1Cl)C1COCC1C(=O)O. The van der Waals surface area contributed by atoms with Crippen LogP contribution in [0.4, 0.5) is 4.79 Å². The lowest BCUT2D eigenvalue weighted by Gasteiger charge is -2.26. The number of carboxylic acids is 1. The highest BCUT2D eigenvalue weighted by atomic mass is 35.5. The topological polar surface area (TPSA) is 78.9 Å². The van der Waals surface area contributed by atoms with Crippen LogP contribution in [-0.4, -0.2) is 48.3 Å². The molecule has 1 aliphatic rings. The molecule has 6 nitrogen and oxygen atoms in total. The molecule has 2 atom stereocenters. The molecule has 1 aromatic carbocycles. The van der Waals surface area contributed by atoms with E-state index >= 15 is 0 Å². The van der Waals surface area contributed by atoms with Crippen LogP contribution in [0.2, 0.25) is 5.02 Å². The molecule has 2 amide bonds. The Morgan fingerprint density at radius 2 is 2.14 bits per heavy atom. The normalized spacial score (nSPS) is 21.0. The van der Waals surface area contributed by atoms with Crippen molar-refractivity contribution in [1.29, 1.82) is 0 Å². The summed E-state index contributed by atoms with van der Waals surface area (Å²) >= 11 is 6.02. The fourth-order valence-corrected chi connectivity index (χ4v) is 2.45. The number of benzene rings is 1. The first-order valence-corrected chi connectivity index (χ1v) is 6.93. The second-order valence-corrected chi connectivity index (χ2v) is 5.32. The summed E-state index contributed by atoms with van der Waals surface area (Å²) in [4.78, 5) is 24.6. The van der Waals surface area contributed by atoms with E-state index < -0.39 is 17.9 Å². The number of amides is 2. The third-order valence-corrected chi connectivity index (χ3v) is 3.94. The Hall–Kier alpha value is -1.79. The first-order chi connectivity index (χ1) is 10.0. The Balaban J connectivity index is 1.94. The molecule has 1 aromatic rings.